The molecule has 1 heterocycles. The zero-order valence-corrected chi connectivity index (χ0v) is 19.4. The molecule has 12 nitrogen and oxygen atoms in total. The van der Waals surface area contributed by atoms with E-state index in [4.69, 9.17) is 11.5 Å². The monoisotopic (exact) mass is 487 g/mol. The van der Waals surface area contributed by atoms with Crippen molar-refractivity contribution in [2.45, 2.75) is 50.2 Å². The molecule has 190 valence electrons. The van der Waals surface area contributed by atoms with Crippen molar-refractivity contribution in [3.63, 3.8) is 0 Å². The number of benzene rings is 1. The van der Waals surface area contributed by atoms with Crippen LogP contribution in [0.5, 0.6) is 0 Å². The second-order valence-corrected chi connectivity index (χ2v) is 8.04. The van der Waals surface area contributed by atoms with E-state index in [0.29, 0.717) is 31.5 Å². The van der Waals surface area contributed by atoms with Crippen molar-refractivity contribution in [2.24, 2.45) is 11.5 Å². The molecule has 1 aromatic heterocycles. The zero-order chi connectivity index (χ0) is 25.6. The summed E-state index contributed by atoms with van der Waals surface area (Å²) in [5.74, 6) is -2.97. The number of imidazole rings is 1. The smallest absolute Gasteiger partial charge is 0.326 e. The predicted octanol–water partition coefficient (Wildman–Crippen LogP) is -1.18. The maximum absolute atomic E-state index is 13.1. The first-order valence-corrected chi connectivity index (χ1v) is 11.4. The number of unbranched alkanes of at least 4 members (excludes halogenated alkanes) is 1. The predicted molar refractivity (Wildman–Crippen MR) is 128 cm³/mol. The van der Waals surface area contributed by atoms with E-state index in [-0.39, 0.29) is 19.4 Å². The zero-order valence-electron chi connectivity index (χ0n) is 19.4. The number of H-pyrrole nitrogens is 1. The minimum absolute atomic E-state index is 0.0126. The van der Waals surface area contributed by atoms with E-state index in [2.05, 4.69) is 25.9 Å². The van der Waals surface area contributed by atoms with Crippen molar-refractivity contribution in [1.29, 1.82) is 0 Å². The van der Waals surface area contributed by atoms with Crippen LogP contribution in [0.15, 0.2) is 42.9 Å². The fraction of sp³-hybridized carbons (Fsp3) is 0.435. The molecular weight excluding hydrogens is 454 g/mol. The highest BCUT2D eigenvalue weighted by Gasteiger charge is 2.30. The molecule has 0 bridgehead atoms. The molecule has 0 saturated carbocycles. The lowest BCUT2D eigenvalue weighted by Crippen LogP contribution is -2.57. The number of nitrogens with two attached hydrogens (primary N) is 2. The van der Waals surface area contributed by atoms with Crippen LogP contribution < -0.4 is 27.4 Å². The molecule has 9 N–H and O–H groups in total. The van der Waals surface area contributed by atoms with Crippen LogP contribution in [-0.4, -0.2) is 70.0 Å². The normalized spacial score (nSPS) is 13.3. The number of carbonyl (C=O) groups is 4. The Hall–Kier alpha value is -3.77. The molecule has 2 aromatic rings. The van der Waals surface area contributed by atoms with Crippen LogP contribution in [0.25, 0.3) is 0 Å². The summed E-state index contributed by atoms with van der Waals surface area (Å²) >= 11 is 0. The molecule has 0 saturated heterocycles. The highest BCUT2D eigenvalue weighted by atomic mass is 16.4. The molecule has 0 fully saturated rings. The van der Waals surface area contributed by atoms with E-state index in [1.165, 1.54) is 12.5 Å². The molecule has 2 rings (SSSR count). The van der Waals surface area contributed by atoms with Crippen molar-refractivity contribution >= 4 is 23.7 Å². The van der Waals surface area contributed by atoms with E-state index in [1.807, 2.05) is 6.07 Å². The molecule has 0 aliphatic carbocycles. The molecule has 0 aliphatic heterocycles. The molecular formula is C23H33N7O5. The average Bonchev–Trinajstić information content (AvgIpc) is 3.36. The third kappa shape index (κ3) is 9.55. The van der Waals surface area contributed by atoms with Gasteiger partial charge in [0.25, 0.3) is 0 Å². The van der Waals surface area contributed by atoms with Gasteiger partial charge in [-0.3, -0.25) is 14.4 Å². The molecule has 3 amide bonds. The van der Waals surface area contributed by atoms with Crippen molar-refractivity contribution < 1.29 is 24.3 Å². The summed E-state index contributed by atoms with van der Waals surface area (Å²) < 4.78 is 0. The first kappa shape index (κ1) is 27.5. The second-order valence-electron chi connectivity index (χ2n) is 8.04. The van der Waals surface area contributed by atoms with Crippen LogP contribution in [0.1, 0.15) is 30.5 Å². The molecule has 0 aliphatic rings. The third-order valence-corrected chi connectivity index (χ3v) is 5.29. The maximum Gasteiger partial charge on any atom is 0.326 e. The lowest BCUT2D eigenvalue weighted by atomic mass is 10.0. The highest BCUT2D eigenvalue weighted by Crippen LogP contribution is 2.08. The van der Waals surface area contributed by atoms with Gasteiger partial charge in [-0.1, -0.05) is 30.3 Å². The van der Waals surface area contributed by atoms with Crippen molar-refractivity contribution in [1.82, 2.24) is 25.9 Å². The first-order valence-electron chi connectivity index (χ1n) is 11.4. The maximum atomic E-state index is 13.1. The Morgan fingerprint density at radius 1 is 0.914 bits per heavy atom. The number of rotatable bonds is 15. The van der Waals surface area contributed by atoms with E-state index < -0.39 is 41.8 Å². The average molecular weight is 488 g/mol. The lowest BCUT2D eigenvalue weighted by Gasteiger charge is -2.24. The van der Waals surface area contributed by atoms with Gasteiger partial charge in [0.05, 0.1) is 12.9 Å². The second kappa shape index (κ2) is 14.5. The van der Waals surface area contributed by atoms with Crippen LogP contribution in [-0.2, 0) is 32.0 Å². The lowest BCUT2D eigenvalue weighted by molar-refractivity contribution is -0.142. The SMILES string of the molecule is NCCCCC(NC(=O)CN)C(=O)NC(Cc1ccccc1)C(=O)NC(Cc1cnc[nH]1)C(=O)O. The molecule has 3 unspecified atom stereocenters. The Bertz CT molecular complexity index is 952. The van der Waals surface area contributed by atoms with Crippen LogP contribution in [0, 0.1) is 0 Å². The number of nitrogens with one attached hydrogen (secondary N) is 4. The first-order chi connectivity index (χ1) is 16.8. The van der Waals surface area contributed by atoms with Crippen LogP contribution in [0.3, 0.4) is 0 Å². The summed E-state index contributed by atoms with van der Waals surface area (Å²) in [6.45, 7) is 0.146. The van der Waals surface area contributed by atoms with Gasteiger partial charge in [0, 0.05) is 24.7 Å². The number of nitrogens with zero attached hydrogens (tertiary/aromatic N) is 1. The number of aliphatic carboxylic acids is 1. The summed E-state index contributed by atoms with van der Waals surface area (Å²) in [7, 11) is 0. The Kier molecular flexibility index (Phi) is 11.4. The molecule has 35 heavy (non-hydrogen) atoms. The fourth-order valence-corrected chi connectivity index (χ4v) is 3.43. The quantitative estimate of drug-likeness (QED) is 0.152. The molecule has 3 atom stereocenters. The van der Waals surface area contributed by atoms with Gasteiger partial charge >= 0.3 is 5.97 Å². The fourth-order valence-electron chi connectivity index (χ4n) is 3.43. The van der Waals surface area contributed by atoms with Gasteiger partial charge in [-0.25, -0.2) is 9.78 Å². The topological polar surface area (TPSA) is 205 Å². The third-order valence-electron chi connectivity index (χ3n) is 5.29. The van der Waals surface area contributed by atoms with Gasteiger partial charge in [-0.05, 0) is 31.4 Å². The molecule has 1 aromatic carbocycles. The number of aromatic nitrogens is 2. The van der Waals surface area contributed by atoms with Crippen LogP contribution in [0.2, 0.25) is 0 Å². The van der Waals surface area contributed by atoms with E-state index in [0.717, 1.165) is 5.56 Å². The van der Waals surface area contributed by atoms with Gasteiger partial charge in [0.1, 0.15) is 18.1 Å². The van der Waals surface area contributed by atoms with Crippen molar-refractivity contribution in [3.8, 4) is 0 Å². The van der Waals surface area contributed by atoms with Gasteiger partial charge in [-0.2, -0.15) is 0 Å². The Morgan fingerprint density at radius 3 is 2.20 bits per heavy atom. The Morgan fingerprint density at radius 2 is 1.60 bits per heavy atom. The van der Waals surface area contributed by atoms with Gasteiger partial charge in [0.2, 0.25) is 17.7 Å². The van der Waals surface area contributed by atoms with Crippen LogP contribution >= 0.6 is 0 Å². The van der Waals surface area contributed by atoms with E-state index >= 15 is 0 Å². The van der Waals surface area contributed by atoms with Crippen molar-refractivity contribution in [2.75, 3.05) is 13.1 Å². The summed E-state index contributed by atoms with van der Waals surface area (Å²) in [5.41, 5.74) is 12.2. The molecule has 0 radical (unpaired) electrons. The minimum atomic E-state index is -1.24. The summed E-state index contributed by atoms with van der Waals surface area (Å²) in [6.07, 6.45) is 4.54. The standard InChI is InChI=1S/C23H33N7O5/c24-9-5-4-8-17(28-20(31)12-25)21(32)29-18(10-15-6-2-1-3-7-15)22(33)30-19(23(34)35)11-16-13-26-14-27-16/h1-3,6-7,13-14,17-19H,4-5,8-12,24-25H2,(H,26,27)(H,28,31)(H,29,32)(H,30,33)(H,34,35). The number of hydrogen-bond donors (Lipinski definition) is 7. The highest BCUT2D eigenvalue weighted by molar-refractivity contribution is 5.93. The Balaban J connectivity index is 2.19. The number of carbonyl (C=O) groups excluding carboxylic acids is 3. The number of amides is 3. The van der Waals surface area contributed by atoms with Crippen molar-refractivity contribution in [3.05, 3.63) is 54.1 Å². The molecule has 0 spiro atoms. The minimum Gasteiger partial charge on any atom is -0.480 e. The summed E-state index contributed by atoms with van der Waals surface area (Å²) in [5, 5.41) is 17.3. The number of carboxylic acid groups (broad SMARTS) is 1. The molecule has 12 heteroatoms. The van der Waals surface area contributed by atoms with Crippen LogP contribution in [0.4, 0.5) is 0 Å². The number of hydrogen-bond acceptors (Lipinski definition) is 7. The van der Waals surface area contributed by atoms with E-state index in [1.54, 1.807) is 24.3 Å². The van der Waals surface area contributed by atoms with Gasteiger partial charge in [-0.15, -0.1) is 0 Å². The van der Waals surface area contributed by atoms with E-state index in [9.17, 15) is 24.3 Å². The van der Waals surface area contributed by atoms with Gasteiger partial charge < -0.3 is 37.5 Å². The summed E-state index contributed by atoms with van der Waals surface area (Å²) in [6, 6.07) is 5.75. The largest absolute Gasteiger partial charge is 0.480 e. The summed E-state index contributed by atoms with van der Waals surface area (Å²) in [4.78, 5) is 56.5. The number of carboxylic acids is 1. The van der Waals surface area contributed by atoms with Gasteiger partial charge in [0.15, 0.2) is 0 Å². The number of aromatic amines is 1. The Labute approximate surface area is 203 Å².